The summed E-state index contributed by atoms with van der Waals surface area (Å²) in [6, 6.07) is 0. The van der Waals surface area contributed by atoms with Crippen LogP contribution in [0, 0.1) is 0 Å². The number of alkyl halides is 12. The Morgan fingerprint density at radius 2 is 1.22 bits per heavy atom. The monoisotopic (exact) mass is 432 g/mol. The van der Waals surface area contributed by atoms with Gasteiger partial charge < -0.3 is 9.47 Å². The summed E-state index contributed by atoms with van der Waals surface area (Å²) in [5, 5.41) is 0. The fourth-order valence-corrected chi connectivity index (χ4v) is 1.53. The first-order valence-electron chi connectivity index (χ1n) is 7.30. The van der Waals surface area contributed by atoms with Gasteiger partial charge in [0.05, 0.1) is 0 Å². The third kappa shape index (κ3) is 4.93. The third-order valence-electron chi connectivity index (χ3n) is 3.29. The van der Waals surface area contributed by atoms with Gasteiger partial charge >= 0.3 is 36.0 Å². The van der Waals surface area contributed by atoms with E-state index >= 15 is 0 Å². The lowest BCUT2D eigenvalue weighted by molar-refractivity contribution is -0.417. The quantitative estimate of drug-likeness (QED) is 0.227. The van der Waals surface area contributed by atoms with Crippen LogP contribution in [0.3, 0.4) is 0 Å². The highest BCUT2D eigenvalue weighted by Crippen LogP contribution is 2.58. The van der Waals surface area contributed by atoms with E-state index in [4.69, 9.17) is 0 Å². The van der Waals surface area contributed by atoms with Gasteiger partial charge in [0.1, 0.15) is 6.61 Å². The summed E-state index contributed by atoms with van der Waals surface area (Å²) in [5.41, 5.74) is 0. The van der Waals surface area contributed by atoms with Crippen molar-refractivity contribution in [2.24, 2.45) is 0 Å². The van der Waals surface area contributed by atoms with Crippen molar-refractivity contribution in [3.8, 4) is 0 Å². The Morgan fingerprint density at radius 3 is 1.63 bits per heavy atom. The zero-order valence-corrected chi connectivity index (χ0v) is 13.8. The van der Waals surface area contributed by atoms with Gasteiger partial charge in [-0.2, -0.15) is 43.9 Å². The molecule has 0 aliphatic rings. The second-order valence-electron chi connectivity index (χ2n) is 5.45. The number of hydrogen-bond donors (Lipinski definition) is 0. The maximum atomic E-state index is 13.4. The predicted molar refractivity (Wildman–Crippen MR) is 67.0 cm³/mol. The lowest BCUT2D eigenvalue weighted by Crippen LogP contribution is -2.69. The van der Waals surface area contributed by atoms with Gasteiger partial charge in [-0.1, -0.05) is 13.3 Å². The normalized spacial score (nSPS) is 16.1. The zero-order valence-electron chi connectivity index (χ0n) is 13.8. The Hall–Kier alpha value is -0.920. The van der Waals surface area contributed by atoms with E-state index in [0.717, 1.165) is 6.92 Å². The molecule has 0 radical (unpaired) electrons. The Kier molecular flexibility index (Phi) is 8.32. The van der Waals surface area contributed by atoms with E-state index in [1.54, 1.807) is 6.92 Å². The molecule has 14 heteroatoms. The molecule has 0 aromatic rings. The lowest BCUT2D eigenvalue weighted by atomic mass is 9.94. The molecule has 2 nitrogen and oxygen atoms in total. The summed E-state index contributed by atoms with van der Waals surface area (Å²) < 4.78 is 164. The van der Waals surface area contributed by atoms with Gasteiger partial charge in [-0.25, -0.2) is 8.78 Å². The molecular formula is C13H16F12O2. The highest BCUT2D eigenvalue weighted by Gasteiger charge is 2.87. The van der Waals surface area contributed by atoms with Crippen LogP contribution >= 0.6 is 0 Å². The summed E-state index contributed by atoms with van der Waals surface area (Å²) in [6.07, 6.45) is -6.23. The molecule has 1 atom stereocenters. The van der Waals surface area contributed by atoms with E-state index in [2.05, 4.69) is 9.47 Å². The molecule has 0 aliphatic heterocycles. The Morgan fingerprint density at radius 1 is 0.741 bits per heavy atom. The van der Waals surface area contributed by atoms with Gasteiger partial charge in [-0.3, -0.25) is 0 Å². The molecule has 0 fully saturated rings. The van der Waals surface area contributed by atoms with Gasteiger partial charge in [-0.05, 0) is 13.3 Å². The molecule has 0 amide bonds. The Bertz CT molecular complexity index is 466. The maximum Gasteiger partial charge on any atom is 0.384 e. The minimum absolute atomic E-state index is 0.103. The second-order valence-corrected chi connectivity index (χ2v) is 5.45. The van der Waals surface area contributed by atoms with Crippen LogP contribution in [0.5, 0.6) is 0 Å². The van der Waals surface area contributed by atoms with Crippen LogP contribution in [0.2, 0.25) is 0 Å². The van der Waals surface area contributed by atoms with Crippen molar-refractivity contribution in [2.75, 3.05) is 13.2 Å². The minimum atomic E-state index is -7.54. The predicted octanol–water partition coefficient (Wildman–Crippen LogP) is 5.61. The van der Waals surface area contributed by atoms with Crippen molar-refractivity contribution >= 4 is 0 Å². The van der Waals surface area contributed by atoms with Crippen LogP contribution < -0.4 is 0 Å². The summed E-state index contributed by atoms with van der Waals surface area (Å²) in [6.45, 7) is -0.143. The molecule has 0 saturated carbocycles. The fraction of sp³-hybridized carbons (Fsp3) is 1.00. The van der Waals surface area contributed by atoms with E-state index in [9.17, 15) is 52.7 Å². The van der Waals surface area contributed by atoms with Gasteiger partial charge in [0, 0.05) is 6.61 Å². The van der Waals surface area contributed by atoms with E-state index in [-0.39, 0.29) is 6.61 Å². The lowest BCUT2D eigenvalue weighted by Gasteiger charge is -2.39. The highest BCUT2D eigenvalue weighted by molar-refractivity contribution is 5.09. The molecule has 0 rings (SSSR count). The number of halogens is 12. The van der Waals surface area contributed by atoms with Crippen LogP contribution in [-0.2, 0) is 9.47 Å². The molecule has 0 heterocycles. The van der Waals surface area contributed by atoms with Crippen molar-refractivity contribution < 1.29 is 62.2 Å². The number of rotatable bonds is 12. The first-order chi connectivity index (χ1) is 11.9. The third-order valence-corrected chi connectivity index (χ3v) is 3.29. The van der Waals surface area contributed by atoms with E-state index in [0.29, 0.717) is 12.8 Å². The molecule has 0 aliphatic carbocycles. The standard InChI is InChI=1S/C13H16F12O2/c1-3-4-5-26-7(2)27-6-9(16,17)11(20,21)13(24,25)12(22,23)10(18,19)8(14)15/h7-8H,3-6H2,1-2H3/t7-/m1/s1. The summed E-state index contributed by atoms with van der Waals surface area (Å²) in [4.78, 5) is 0. The SMILES string of the molecule is CCCCO[C@@H](C)OCC(F)(F)C(F)(F)C(F)(F)C(F)(F)C(F)(F)C(F)F. The second kappa shape index (κ2) is 8.62. The fourth-order valence-electron chi connectivity index (χ4n) is 1.53. The largest absolute Gasteiger partial charge is 0.384 e. The first kappa shape index (κ1) is 26.1. The Labute approximate surface area is 145 Å². The van der Waals surface area contributed by atoms with Crippen molar-refractivity contribution in [3.05, 3.63) is 0 Å². The number of unbranched alkanes of at least 4 members (excludes halogenated alkanes) is 1. The minimum Gasteiger partial charge on any atom is -0.353 e. The van der Waals surface area contributed by atoms with Crippen molar-refractivity contribution in [1.29, 1.82) is 0 Å². The summed E-state index contributed by atoms with van der Waals surface area (Å²) in [5.74, 6) is -35.3. The molecule has 0 aromatic heterocycles. The molecule has 0 aromatic carbocycles. The summed E-state index contributed by atoms with van der Waals surface area (Å²) >= 11 is 0. The number of ether oxygens (including phenoxy) is 2. The Balaban J connectivity index is 5.48. The van der Waals surface area contributed by atoms with Crippen LogP contribution in [-0.4, -0.2) is 55.5 Å². The van der Waals surface area contributed by atoms with Crippen molar-refractivity contribution in [2.45, 2.75) is 69.0 Å². The molecule has 0 unspecified atom stereocenters. The van der Waals surface area contributed by atoms with Crippen molar-refractivity contribution in [1.82, 2.24) is 0 Å². The molecule has 0 saturated heterocycles. The van der Waals surface area contributed by atoms with E-state index in [1.165, 1.54) is 0 Å². The van der Waals surface area contributed by atoms with Crippen molar-refractivity contribution in [3.63, 3.8) is 0 Å². The highest BCUT2D eigenvalue weighted by atomic mass is 19.4. The number of hydrogen-bond acceptors (Lipinski definition) is 2. The van der Waals surface area contributed by atoms with Crippen LogP contribution in [0.25, 0.3) is 0 Å². The summed E-state index contributed by atoms with van der Waals surface area (Å²) in [7, 11) is 0. The van der Waals surface area contributed by atoms with Crippen LogP contribution in [0.4, 0.5) is 52.7 Å². The smallest absolute Gasteiger partial charge is 0.353 e. The van der Waals surface area contributed by atoms with E-state index < -0.39 is 48.9 Å². The van der Waals surface area contributed by atoms with E-state index in [1.807, 2.05) is 0 Å². The van der Waals surface area contributed by atoms with Crippen LogP contribution in [0.15, 0.2) is 0 Å². The first-order valence-corrected chi connectivity index (χ1v) is 7.30. The molecule has 164 valence electrons. The van der Waals surface area contributed by atoms with Gasteiger partial charge in [0.25, 0.3) is 0 Å². The molecule has 0 N–H and O–H groups in total. The molecule has 27 heavy (non-hydrogen) atoms. The topological polar surface area (TPSA) is 18.5 Å². The zero-order chi connectivity index (χ0) is 21.9. The van der Waals surface area contributed by atoms with Gasteiger partial charge in [0.15, 0.2) is 6.29 Å². The van der Waals surface area contributed by atoms with Gasteiger partial charge in [0.2, 0.25) is 0 Å². The average Bonchev–Trinajstić information content (AvgIpc) is 2.52. The van der Waals surface area contributed by atoms with Crippen LogP contribution in [0.1, 0.15) is 26.7 Å². The average molecular weight is 432 g/mol. The maximum absolute atomic E-state index is 13.4. The molecule has 0 spiro atoms. The molecule has 0 bridgehead atoms. The van der Waals surface area contributed by atoms with Gasteiger partial charge in [-0.15, -0.1) is 0 Å². The molecular weight excluding hydrogens is 416 g/mol.